The normalized spacial score (nSPS) is 27.9. The smallest absolute Gasteiger partial charge is 0.408 e. The second-order valence-electron chi connectivity index (χ2n) is 6.74. The maximum atomic E-state index is 12.5. The highest BCUT2D eigenvalue weighted by molar-refractivity contribution is 14.1. The summed E-state index contributed by atoms with van der Waals surface area (Å²) in [5, 5.41) is 2.52. The molecule has 1 aliphatic carbocycles. The number of rotatable bonds is 5. The van der Waals surface area contributed by atoms with E-state index in [9.17, 15) is 14.4 Å². The van der Waals surface area contributed by atoms with Gasteiger partial charge in [0.25, 0.3) is 0 Å². The van der Waals surface area contributed by atoms with Gasteiger partial charge in [0, 0.05) is 9.84 Å². The Labute approximate surface area is 171 Å². The average molecular weight is 487 g/mol. The number of esters is 2. The maximum Gasteiger partial charge on any atom is 0.408 e. The van der Waals surface area contributed by atoms with Gasteiger partial charge in [-0.2, -0.15) is 0 Å². The minimum absolute atomic E-state index is 0.0670. The van der Waals surface area contributed by atoms with Gasteiger partial charge in [-0.1, -0.05) is 59.3 Å². The summed E-state index contributed by atoms with van der Waals surface area (Å²) in [4.78, 5) is 37.0. The molecule has 8 heteroatoms. The van der Waals surface area contributed by atoms with Crippen LogP contribution in [0, 0.1) is 11.8 Å². The summed E-state index contributed by atoms with van der Waals surface area (Å²) < 4.78 is 15.8. The van der Waals surface area contributed by atoms with Gasteiger partial charge in [-0.15, -0.1) is 0 Å². The van der Waals surface area contributed by atoms with E-state index in [2.05, 4.69) is 27.9 Å². The molecule has 5 atom stereocenters. The lowest BCUT2D eigenvalue weighted by molar-refractivity contribution is -0.152. The Kier molecular flexibility index (Phi) is 6.56. The fourth-order valence-electron chi connectivity index (χ4n) is 3.78. The zero-order valence-corrected chi connectivity index (χ0v) is 17.1. The highest BCUT2D eigenvalue weighted by atomic mass is 127. The zero-order valence-electron chi connectivity index (χ0n) is 14.9. The third kappa shape index (κ3) is 4.53. The van der Waals surface area contributed by atoms with Crippen LogP contribution in [0.3, 0.4) is 0 Å². The van der Waals surface area contributed by atoms with Crippen LogP contribution >= 0.6 is 22.6 Å². The molecule has 3 rings (SSSR count). The minimum Gasteiger partial charge on any atom is -0.467 e. The van der Waals surface area contributed by atoms with Gasteiger partial charge in [0.2, 0.25) is 0 Å². The number of benzene rings is 1. The van der Waals surface area contributed by atoms with Crippen molar-refractivity contribution in [2.24, 2.45) is 11.8 Å². The lowest BCUT2D eigenvalue weighted by Crippen LogP contribution is -2.51. The van der Waals surface area contributed by atoms with E-state index in [-0.39, 0.29) is 22.6 Å². The zero-order chi connectivity index (χ0) is 19.4. The molecule has 1 unspecified atom stereocenters. The number of amides is 1. The quantitative estimate of drug-likeness (QED) is 0.297. The molecule has 1 saturated carbocycles. The van der Waals surface area contributed by atoms with Crippen molar-refractivity contribution < 1.29 is 28.6 Å². The van der Waals surface area contributed by atoms with Gasteiger partial charge in [-0.25, -0.2) is 9.59 Å². The van der Waals surface area contributed by atoms with Gasteiger partial charge in [-0.3, -0.25) is 4.79 Å². The number of carbonyl (C=O) groups excluding carboxylic acids is 3. The third-order valence-corrected chi connectivity index (χ3v) is 6.41. The predicted octanol–water partition coefficient (Wildman–Crippen LogP) is 2.60. The Morgan fingerprint density at radius 3 is 2.74 bits per heavy atom. The Balaban J connectivity index is 1.69. The van der Waals surface area contributed by atoms with Crippen molar-refractivity contribution in [1.29, 1.82) is 0 Å². The minimum atomic E-state index is -1.12. The molecule has 2 fully saturated rings. The number of hydrogen-bond acceptors (Lipinski definition) is 6. The molecule has 0 aromatic heterocycles. The number of fused-ring (bicyclic) bond motifs is 1. The molecule has 1 saturated heterocycles. The molecule has 1 aliphatic heterocycles. The van der Waals surface area contributed by atoms with Crippen molar-refractivity contribution in [3.8, 4) is 0 Å². The highest BCUT2D eigenvalue weighted by Gasteiger charge is 2.54. The molecule has 146 valence electrons. The molecule has 1 aromatic carbocycles. The second-order valence-corrected chi connectivity index (χ2v) is 8.34. The van der Waals surface area contributed by atoms with Crippen molar-refractivity contribution in [3.63, 3.8) is 0 Å². The van der Waals surface area contributed by atoms with Crippen molar-refractivity contribution >= 4 is 40.6 Å². The summed E-state index contributed by atoms with van der Waals surface area (Å²) in [7, 11) is 1.23. The van der Waals surface area contributed by atoms with Gasteiger partial charge < -0.3 is 19.5 Å². The number of alkyl carbamates (subject to hydrolysis) is 1. The molecule has 1 aromatic rings. The molecule has 0 bridgehead atoms. The van der Waals surface area contributed by atoms with Crippen LogP contribution in [-0.2, 0) is 30.4 Å². The Morgan fingerprint density at radius 2 is 2.04 bits per heavy atom. The van der Waals surface area contributed by atoms with E-state index in [0.29, 0.717) is 0 Å². The molecule has 7 nitrogen and oxygen atoms in total. The predicted molar refractivity (Wildman–Crippen MR) is 104 cm³/mol. The number of halogens is 1. The lowest BCUT2D eigenvalue weighted by atomic mass is 9.77. The fourth-order valence-corrected chi connectivity index (χ4v) is 4.90. The van der Waals surface area contributed by atoms with Gasteiger partial charge in [0.1, 0.15) is 18.8 Å². The van der Waals surface area contributed by atoms with Crippen LogP contribution < -0.4 is 5.32 Å². The van der Waals surface area contributed by atoms with Crippen LogP contribution in [0.25, 0.3) is 0 Å². The number of nitrogens with one attached hydrogen (secondary N) is 1. The summed E-state index contributed by atoms with van der Waals surface area (Å²) in [5.74, 6) is -2.02. The second kappa shape index (κ2) is 8.90. The molecular weight excluding hydrogens is 465 g/mol. The first kappa shape index (κ1) is 19.9. The van der Waals surface area contributed by atoms with E-state index in [1.807, 2.05) is 30.3 Å². The van der Waals surface area contributed by atoms with Crippen molar-refractivity contribution in [2.75, 3.05) is 7.11 Å². The first-order chi connectivity index (χ1) is 13.0. The highest BCUT2D eigenvalue weighted by Crippen LogP contribution is 2.43. The van der Waals surface area contributed by atoms with Crippen molar-refractivity contribution in [3.05, 3.63) is 35.9 Å². The molecule has 1 heterocycles. The van der Waals surface area contributed by atoms with Crippen molar-refractivity contribution in [1.82, 2.24) is 5.32 Å². The van der Waals surface area contributed by atoms with Gasteiger partial charge in [0.15, 0.2) is 0 Å². The van der Waals surface area contributed by atoms with E-state index >= 15 is 0 Å². The molecule has 0 radical (unpaired) electrons. The Bertz CT molecular complexity index is 697. The molecule has 0 spiro atoms. The number of hydrogen-bond donors (Lipinski definition) is 1. The van der Waals surface area contributed by atoms with Crippen LogP contribution in [0.4, 0.5) is 4.79 Å². The SMILES string of the molecule is COC(=O)[C@@H](NC(=O)OCc1ccccc1)C1C(=O)O[C@H]2[C@H](I)CCC[C@@H]12. The third-order valence-electron chi connectivity index (χ3n) is 5.08. The summed E-state index contributed by atoms with van der Waals surface area (Å²) in [5.41, 5.74) is 0.822. The van der Waals surface area contributed by atoms with E-state index in [0.717, 1.165) is 24.8 Å². The fraction of sp³-hybridized carbons (Fsp3) is 0.526. The van der Waals surface area contributed by atoms with Crippen LogP contribution in [0.1, 0.15) is 24.8 Å². The average Bonchev–Trinajstić information content (AvgIpc) is 3.02. The first-order valence-electron chi connectivity index (χ1n) is 8.91. The Hall–Kier alpha value is -1.84. The Morgan fingerprint density at radius 1 is 1.30 bits per heavy atom. The van der Waals surface area contributed by atoms with Crippen molar-refractivity contribution in [2.45, 2.75) is 41.9 Å². The largest absolute Gasteiger partial charge is 0.467 e. The molecule has 27 heavy (non-hydrogen) atoms. The summed E-state index contributed by atoms with van der Waals surface area (Å²) >= 11 is 2.28. The van der Waals surface area contributed by atoms with Crippen LogP contribution in [-0.4, -0.2) is 41.2 Å². The molecule has 2 aliphatic rings. The molecule has 1 N–H and O–H groups in total. The van der Waals surface area contributed by atoms with Gasteiger partial charge in [0.05, 0.1) is 13.0 Å². The van der Waals surface area contributed by atoms with E-state index in [4.69, 9.17) is 14.2 Å². The first-order valence-corrected chi connectivity index (χ1v) is 10.2. The monoisotopic (exact) mass is 487 g/mol. The summed E-state index contributed by atoms with van der Waals surface area (Å²) in [6, 6.07) is 8.07. The number of methoxy groups -OCH3 is 1. The summed E-state index contributed by atoms with van der Waals surface area (Å²) in [6.45, 7) is 0.0670. The number of carbonyl (C=O) groups is 3. The number of ether oxygens (including phenoxy) is 3. The lowest BCUT2D eigenvalue weighted by Gasteiger charge is -2.31. The van der Waals surface area contributed by atoms with E-state index < -0.39 is 30.0 Å². The maximum absolute atomic E-state index is 12.5. The van der Waals surface area contributed by atoms with Crippen LogP contribution in [0.5, 0.6) is 0 Å². The van der Waals surface area contributed by atoms with Gasteiger partial charge in [-0.05, 0) is 18.4 Å². The van der Waals surface area contributed by atoms with E-state index in [1.54, 1.807) is 0 Å². The standard InChI is InChI=1S/C19H22INO6/c1-25-18(23)15(21-19(24)26-10-11-6-3-2-4-7-11)14-12-8-5-9-13(20)16(12)27-17(14)22/h2-4,6-7,12-16H,5,8-10H2,1H3,(H,21,24)/t12-,13+,14?,15-,16+/m0/s1. The van der Waals surface area contributed by atoms with Crippen LogP contribution in [0.2, 0.25) is 0 Å². The molecular formula is C19H22INO6. The van der Waals surface area contributed by atoms with E-state index in [1.165, 1.54) is 7.11 Å². The van der Waals surface area contributed by atoms with Gasteiger partial charge >= 0.3 is 18.0 Å². The summed E-state index contributed by atoms with van der Waals surface area (Å²) in [6.07, 6.45) is 1.69. The van der Waals surface area contributed by atoms with Crippen LogP contribution in [0.15, 0.2) is 30.3 Å². The number of alkyl halides is 1. The molecule has 1 amide bonds. The topological polar surface area (TPSA) is 90.9 Å².